The molecule has 1 saturated heterocycles. The van der Waals surface area contributed by atoms with Crippen molar-refractivity contribution in [3.05, 3.63) is 34.8 Å². The molecule has 0 bridgehead atoms. The zero-order valence-corrected chi connectivity index (χ0v) is 10.5. The third-order valence-electron chi connectivity index (χ3n) is 3.46. The van der Waals surface area contributed by atoms with E-state index in [-0.39, 0.29) is 0 Å². The van der Waals surface area contributed by atoms with E-state index >= 15 is 0 Å². The van der Waals surface area contributed by atoms with Crippen LogP contribution in [0, 0.1) is 0 Å². The van der Waals surface area contributed by atoms with E-state index in [0.717, 1.165) is 4.57 Å². The monoisotopic (exact) mass is 276 g/mol. The van der Waals surface area contributed by atoms with Crippen LogP contribution in [0.3, 0.4) is 0 Å². The van der Waals surface area contributed by atoms with Crippen molar-refractivity contribution >= 4 is 23.1 Å². The van der Waals surface area contributed by atoms with Crippen LogP contribution in [0.25, 0.3) is 11.1 Å². The summed E-state index contributed by atoms with van der Waals surface area (Å²) in [7, 11) is 0. The lowest BCUT2D eigenvalue weighted by molar-refractivity contribution is -0.141. The Balaban J connectivity index is 2.07. The van der Waals surface area contributed by atoms with Crippen molar-refractivity contribution < 1.29 is 19.1 Å². The van der Waals surface area contributed by atoms with E-state index in [4.69, 9.17) is 9.52 Å². The zero-order valence-electron chi connectivity index (χ0n) is 10.5. The molecule has 2 aromatic rings. The van der Waals surface area contributed by atoms with E-state index in [1.165, 1.54) is 4.90 Å². The summed E-state index contributed by atoms with van der Waals surface area (Å²) in [6.07, 6.45) is 0.999. The number of fused-ring (bicyclic) bond motifs is 1. The number of amides is 1. The molecular formula is C13H12N2O5. The first-order valence-corrected chi connectivity index (χ1v) is 6.24. The van der Waals surface area contributed by atoms with Crippen LogP contribution in [0.4, 0.5) is 4.79 Å². The maximum absolute atomic E-state index is 12.4. The van der Waals surface area contributed by atoms with Gasteiger partial charge >= 0.3 is 17.8 Å². The van der Waals surface area contributed by atoms with Crippen LogP contribution in [-0.4, -0.2) is 39.2 Å². The largest absolute Gasteiger partial charge is 0.480 e. The summed E-state index contributed by atoms with van der Waals surface area (Å²) in [5, 5.41) is 9.11. The Bertz CT molecular complexity index is 745. The molecule has 7 nitrogen and oxygen atoms in total. The van der Waals surface area contributed by atoms with Gasteiger partial charge in [0.25, 0.3) is 0 Å². The molecular weight excluding hydrogens is 264 g/mol. The molecule has 0 spiro atoms. The summed E-state index contributed by atoms with van der Waals surface area (Å²) >= 11 is 0. The zero-order chi connectivity index (χ0) is 14.3. The second kappa shape index (κ2) is 4.52. The van der Waals surface area contributed by atoms with Crippen LogP contribution >= 0.6 is 0 Å². The standard InChI is InChI=1S/C13H12N2O5/c16-11(17)9-5-3-7-14(9)12(18)15-8-4-1-2-6-10(8)20-13(15)19/h1-2,4,6,9H,3,5,7H2,(H,16,17). The van der Waals surface area contributed by atoms with Crippen molar-refractivity contribution in [2.45, 2.75) is 18.9 Å². The van der Waals surface area contributed by atoms with Gasteiger partial charge in [0.2, 0.25) is 0 Å². The van der Waals surface area contributed by atoms with Gasteiger partial charge in [-0.1, -0.05) is 12.1 Å². The van der Waals surface area contributed by atoms with E-state index in [1.54, 1.807) is 24.3 Å². The molecule has 1 atom stereocenters. The summed E-state index contributed by atoms with van der Waals surface area (Å²) < 4.78 is 5.87. The molecule has 0 aliphatic carbocycles. The molecule has 7 heteroatoms. The van der Waals surface area contributed by atoms with E-state index in [9.17, 15) is 14.4 Å². The fraction of sp³-hybridized carbons (Fsp3) is 0.308. The molecule has 2 heterocycles. The smallest absolute Gasteiger partial charge is 0.428 e. The van der Waals surface area contributed by atoms with E-state index < -0.39 is 23.8 Å². The van der Waals surface area contributed by atoms with Crippen LogP contribution in [0.1, 0.15) is 12.8 Å². The van der Waals surface area contributed by atoms with Crippen molar-refractivity contribution in [2.24, 2.45) is 0 Å². The quantitative estimate of drug-likeness (QED) is 0.842. The van der Waals surface area contributed by atoms with Crippen LogP contribution < -0.4 is 5.76 Å². The molecule has 0 saturated carbocycles. The molecule has 1 aromatic carbocycles. The first kappa shape index (κ1) is 12.5. The average Bonchev–Trinajstić information content (AvgIpc) is 3.01. The minimum atomic E-state index is -1.06. The summed E-state index contributed by atoms with van der Waals surface area (Å²) in [6, 6.07) is 5.01. The molecule has 104 valence electrons. The van der Waals surface area contributed by atoms with Gasteiger partial charge in [-0.05, 0) is 25.0 Å². The summed E-state index contributed by atoms with van der Waals surface area (Å²) in [5.41, 5.74) is 0.649. The van der Waals surface area contributed by atoms with Gasteiger partial charge in [0.15, 0.2) is 5.58 Å². The highest BCUT2D eigenvalue weighted by atomic mass is 16.4. The fourth-order valence-corrected chi connectivity index (χ4v) is 2.53. The van der Waals surface area contributed by atoms with E-state index in [0.29, 0.717) is 30.5 Å². The number of carbonyl (C=O) groups is 2. The Morgan fingerprint density at radius 1 is 1.30 bits per heavy atom. The highest BCUT2D eigenvalue weighted by Gasteiger charge is 2.36. The van der Waals surface area contributed by atoms with Gasteiger partial charge in [-0.3, -0.25) is 0 Å². The lowest BCUT2D eigenvalue weighted by Crippen LogP contribution is -2.44. The molecule has 1 aliphatic heterocycles. The second-order valence-electron chi connectivity index (χ2n) is 4.64. The van der Waals surface area contributed by atoms with Crippen LogP contribution in [0.2, 0.25) is 0 Å². The minimum Gasteiger partial charge on any atom is -0.480 e. The van der Waals surface area contributed by atoms with Crippen molar-refractivity contribution in [1.82, 2.24) is 9.47 Å². The highest BCUT2D eigenvalue weighted by molar-refractivity contribution is 5.90. The summed E-state index contributed by atoms with van der Waals surface area (Å²) in [6.45, 7) is 0.321. The Kier molecular flexibility index (Phi) is 2.81. The number of nitrogens with zero attached hydrogens (tertiary/aromatic N) is 2. The van der Waals surface area contributed by atoms with Crippen LogP contribution in [0.15, 0.2) is 33.5 Å². The molecule has 1 aromatic heterocycles. The number of aliphatic carboxylic acids is 1. The number of benzene rings is 1. The predicted molar refractivity (Wildman–Crippen MR) is 68.6 cm³/mol. The summed E-state index contributed by atoms with van der Waals surface area (Å²) in [5.74, 6) is -1.86. The number of hydrogen-bond donors (Lipinski definition) is 1. The van der Waals surface area contributed by atoms with Crippen molar-refractivity contribution in [3.8, 4) is 0 Å². The van der Waals surface area contributed by atoms with Gasteiger partial charge in [-0.15, -0.1) is 0 Å². The number of oxazole rings is 1. The number of rotatable bonds is 1. The number of carbonyl (C=O) groups excluding carboxylic acids is 1. The van der Waals surface area contributed by atoms with Gasteiger partial charge in [0.05, 0.1) is 5.52 Å². The summed E-state index contributed by atoms with van der Waals surface area (Å²) in [4.78, 5) is 36.6. The maximum Gasteiger partial charge on any atom is 0.428 e. The molecule has 1 aliphatic rings. The minimum absolute atomic E-state index is 0.303. The first-order chi connectivity index (χ1) is 9.59. The van der Waals surface area contributed by atoms with E-state index in [1.807, 2.05) is 0 Å². The van der Waals surface area contributed by atoms with Crippen molar-refractivity contribution in [1.29, 1.82) is 0 Å². The molecule has 0 radical (unpaired) electrons. The number of likely N-dealkylation sites (tertiary alicyclic amines) is 1. The first-order valence-electron chi connectivity index (χ1n) is 6.24. The predicted octanol–water partition coefficient (Wildman–Crippen LogP) is 1.11. The Morgan fingerprint density at radius 3 is 2.80 bits per heavy atom. The molecule has 1 amide bonds. The lowest BCUT2D eigenvalue weighted by Gasteiger charge is -2.20. The molecule has 1 unspecified atom stereocenters. The van der Waals surface area contributed by atoms with Gasteiger partial charge in [0.1, 0.15) is 6.04 Å². The number of aromatic nitrogens is 1. The number of para-hydroxylation sites is 2. The second-order valence-corrected chi connectivity index (χ2v) is 4.64. The van der Waals surface area contributed by atoms with Crippen LogP contribution in [-0.2, 0) is 4.79 Å². The molecule has 1 fully saturated rings. The topological polar surface area (TPSA) is 92.8 Å². The van der Waals surface area contributed by atoms with Gasteiger partial charge in [-0.2, -0.15) is 4.57 Å². The Morgan fingerprint density at radius 2 is 2.05 bits per heavy atom. The highest BCUT2D eigenvalue weighted by Crippen LogP contribution is 2.20. The molecule has 1 N–H and O–H groups in total. The molecule has 20 heavy (non-hydrogen) atoms. The van der Waals surface area contributed by atoms with Gasteiger partial charge in [-0.25, -0.2) is 14.4 Å². The van der Waals surface area contributed by atoms with Gasteiger partial charge in [0, 0.05) is 6.54 Å². The SMILES string of the molecule is O=C(O)C1CCCN1C(=O)n1c(=O)oc2ccccc21. The fourth-order valence-electron chi connectivity index (χ4n) is 2.53. The van der Waals surface area contributed by atoms with Gasteiger partial charge < -0.3 is 14.4 Å². The maximum atomic E-state index is 12.4. The van der Waals surface area contributed by atoms with E-state index in [2.05, 4.69) is 0 Å². The number of carboxylic acid groups (broad SMARTS) is 1. The van der Waals surface area contributed by atoms with Crippen molar-refractivity contribution in [2.75, 3.05) is 6.54 Å². The number of hydrogen-bond acceptors (Lipinski definition) is 4. The van der Waals surface area contributed by atoms with Crippen molar-refractivity contribution in [3.63, 3.8) is 0 Å². The third-order valence-corrected chi connectivity index (χ3v) is 3.46. The third kappa shape index (κ3) is 1.78. The Hall–Kier alpha value is -2.57. The normalized spacial score (nSPS) is 18.6. The Labute approximate surface area is 113 Å². The molecule has 3 rings (SSSR count). The number of carboxylic acids is 1. The van der Waals surface area contributed by atoms with Crippen LogP contribution in [0.5, 0.6) is 0 Å². The average molecular weight is 276 g/mol. The lowest BCUT2D eigenvalue weighted by atomic mass is 10.2.